The van der Waals surface area contributed by atoms with Crippen molar-refractivity contribution in [2.45, 2.75) is 137 Å². The van der Waals surface area contributed by atoms with Gasteiger partial charge in [-0.15, -0.1) is 20.4 Å². The molecule has 0 saturated carbocycles. The number of fused-ring (bicyclic) bond motifs is 3. The highest BCUT2D eigenvalue weighted by atomic mass is 32.2. The number of hydrogen-bond acceptors (Lipinski definition) is 27. The molecule has 11 rings (SSSR count). The summed E-state index contributed by atoms with van der Waals surface area (Å²) in [6, 6.07) is 16.9. The number of carbonyl (C=O) groups excluding carboxylic acids is 5. The van der Waals surface area contributed by atoms with Gasteiger partial charge in [0.2, 0.25) is 20.5 Å². The van der Waals surface area contributed by atoms with Crippen LogP contribution in [0.2, 0.25) is 0 Å². The van der Waals surface area contributed by atoms with Crippen molar-refractivity contribution >= 4 is 147 Å². The number of rotatable bonds is 8. The second-order valence-electron chi connectivity index (χ2n) is 27.9. The average molecular weight is 1440 g/mol. The number of thioether (sulfide) groups is 1. The van der Waals surface area contributed by atoms with Crippen LogP contribution in [0.3, 0.4) is 0 Å². The summed E-state index contributed by atoms with van der Waals surface area (Å²) in [6.45, 7) is 35.9. The van der Waals surface area contributed by atoms with Gasteiger partial charge in [0.25, 0.3) is 0 Å². The van der Waals surface area contributed by atoms with Crippen molar-refractivity contribution in [3.8, 4) is 5.40 Å². The lowest BCUT2D eigenvalue weighted by Gasteiger charge is -2.36. The number of anilines is 6. The Morgan fingerprint density at radius 3 is 1.30 bits per heavy atom. The fourth-order valence-electron chi connectivity index (χ4n) is 9.60. The summed E-state index contributed by atoms with van der Waals surface area (Å²) in [6.07, 6.45) is 3.16. The largest absolute Gasteiger partial charge is 0.444 e. The van der Waals surface area contributed by atoms with Crippen molar-refractivity contribution < 1.29 is 47.7 Å². The summed E-state index contributed by atoms with van der Waals surface area (Å²) >= 11 is 9.14. The second-order valence-corrected chi connectivity index (χ2v) is 31.2. The number of thiocyanates is 1. The minimum absolute atomic E-state index is 0.254. The molecule has 3 aliphatic rings. The molecule has 3 aromatic carbocycles. The number of piperazine rings is 3. The summed E-state index contributed by atoms with van der Waals surface area (Å²) < 4.78 is 29.4. The molecule has 34 heteroatoms. The van der Waals surface area contributed by atoms with Crippen LogP contribution in [0.1, 0.15) is 104 Å². The Hall–Kier alpha value is -9.17. The fourth-order valence-corrected chi connectivity index (χ4v) is 11.8. The molecule has 0 atom stereocenters. The summed E-state index contributed by atoms with van der Waals surface area (Å²) in [4.78, 5) is 73.6. The highest BCUT2D eigenvalue weighted by Crippen LogP contribution is 2.32. The number of thiocarbonyl (C=S) groups is 1. The van der Waals surface area contributed by atoms with Gasteiger partial charge in [-0.05, 0) is 170 Å². The first-order valence-electron chi connectivity index (χ1n) is 32.0. The number of hydrogen-bond donors (Lipinski definition) is 4. The van der Waals surface area contributed by atoms with Crippen molar-refractivity contribution in [2.75, 3.05) is 106 Å². The van der Waals surface area contributed by atoms with Crippen LogP contribution >= 0.6 is 46.7 Å². The molecular weight excluding hydrogens is 1350 g/mol. The molecule has 30 nitrogen and oxygen atoms in total. The Balaban J connectivity index is 0.000000175. The molecule has 3 saturated heterocycles. The van der Waals surface area contributed by atoms with Gasteiger partial charge in [0, 0.05) is 118 Å². The van der Waals surface area contributed by atoms with Crippen LogP contribution in [0.5, 0.6) is 0 Å². The number of ether oxygens (including phenoxy) is 5. The van der Waals surface area contributed by atoms with Gasteiger partial charge in [-0.25, -0.2) is 24.0 Å². The third-order valence-electron chi connectivity index (χ3n) is 14.0. The number of benzene rings is 3. The SMILES string of the molecule is CC(C)(C)OC(=O)N1CCN(C(=S)CN)CC1.CC(C)(C)OC(=O)N1CCN(c2nnc(Nc3ccc4[nH]ncc4c3)s2)CC1.CC(C)(C)OC(=O)N1CCN(c2nnc(Nc3ccc4c(cnn4C(=O)OC(C)(C)C)c3)s2)CC1.CC(C)(C)OC(=O)n1ncc2cc(SC#N)ccc21. The third kappa shape index (κ3) is 22.7. The Kier molecular flexibility index (Phi) is 24.6. The first-order chi connectivity index (χ1) is 46.5. The smallest absolute Gasteiger partial charge is 0.435 e. The van der Waals surface area contributed by atoms with Crippen molar-refractivity contribution in [3.05, 3.63) is 73.2 Å². The molecule has 0 unspecified atom stereocenters. The lowest BCUT2D eigenvalue weighted by molar-refractivity contribution is 0.0184. The fraction of sp³-hybridized carbons (Fsp3) is 0.508. The van der Waals surface area contributed by atoms with E-state index in [1.54, 1.807) is 66.2 Å². The predicted molar refractivity (Wildman–Crippen MR) is 388 cm³/mol. The molecule has 5 aromatic heterocycles. The molecule has 0 aliphatic carbocycles. The highest BCUT2D eigenvalue weighted by molar-refractivity contribution is 8.03. The first kappa shape index (κ1) is 75.6. The molecule has 3 amide bonds. The van der Waals surface area contributed by atoms with Gasteiger partial charge < -0.3 is 69.5 Å². The Bertz CT molecular complexity index is 4140. The van der Waals surface area contributed by atoms with E-state index in [4.69, 9.17) is 46.9 Å². The molecule has 0 bridgehead atoms. The topological polar surface area (TPSA) is 341 Å². The number of H-pyrrole nitrogens is 1. The van der Waals surface area contributed by atoms with Gasteiger partial charge in [0.15, 0.2) is 0 Å². The predicted octanol–water partition coefficient (Wildman–Crippen LogP) is 11.9. The maximum Gasteiger partial charge on any atom is 0.435 e. The van der Waals surface area contributed by atoms with E-state index >= 15 is 0 Å². The molecule has 99 heavy (non-hydrogen) atoms. The number of aromatic nitrogens is 10. The van der Waals surface area contributed by atoms with E-state index in [-0.39, 0.29) is 18.3 Å². The second kappa shape index (κ2) is 32.2. The van der Waals surface area contributed by atoms with Crippen LogP contribution in [0, 0.1) is 10.7 Å². The van der Waals surface area contributed by atoms with Crippen LogP contribution in [0.15, 0.2) is 78.1 Å². The zero-order chi connectivity index (χ0) is 72.2. The van der Waals surface area contributed by atoms with Gasteiger partial charge in [0.05, 0.1) is 40.1 Å². The van der Waals surface area contributed by atoms with Crippen LogP contribution in [0.25, 0.3) is 32.7 Å². The molecule has 3 aliphatic heterocycles. The molecule has 3 fully saturated rings. The molecule has 0 radical (unpaired) electrons. The number of aromatic amines is 1. The number of nitrogens with two attached hydrogens (primary N) is 1. The van der Waals surface area contributed by atoms with E-state index in [2.05, 4.69) is 61.2 Å². The normalized spacial score (nSPS) is 14.6. The summed E-state index contributed by atoms with van der Waals surface area (Å²) in [5.41, 5.74) is 6.95. The van der Waals surface area contributed by atoms with Crippen LogP contribution < -0.4 is 26.2 Å². The van der Waals surface area contributed by atoms with E-state index in [0.717, 1.165) is 83.2 Å². The Morgan fingerprint density at radius 2 is 0.889 bits per heavy atom. The molecule has 0 spiro atoms. The summed E-state index contributed by atoms with van der Waals surface area (Å²) in [7, 11) is 0. The molecule has 532 valence electrons. The van der Waals surface area contributed by atoms with Crippen molar-refractivity contribution in [1.82, 2.24) is 69.8 Å². The maximum absolute atomic E-state index is 12.4. The average Bonchev–Trinajstić information content (AvgIpc) is 1.68. The Morgan fingerprint density at radius 1 is 0.515 bits per heavy atom. The zero-order valence-electron chi connectivity index (χ0n) is 58.6. The quantitative estimate of drug-likeness (QED) is 0.0475. The molecule has 8 aromatic rings. The standard InChI is InChI=1S/C23H31N7O4S.C18H23N7O2S.C13H13N3O2S.C11H21N3O2S/c1-22(2,3)33-20(31)29-11-9-28(10-12-29)19-27-26-18(35-19)25-16-7-8-17-15(13-16)14-24-30(17)21(32)34-23(4,5)6;1-18(2,3)27-17(26)25-8-6-24(7-9-25)16-23-22-15(28-16)20-13-4-5-14-12(10-13)11-19-21-14;1-13(2,3)18-12(17)16-11-5-4-10(19-8-14)6-9(11)7-15-16;1-11(2,3)16-10(15)14-6-4-13(5-7-14)9(17)8-12/h7-8,13-14H,9-12H2,1-6H3,(H,25,26);4-5,10-11H,6-9H2,1-3H3,(H,19,21)(H,20,22);4-7H,1-3H3;4-8,12H2,1-3H3. The highest BCUT2D eigenvalue weighted by Gasteiger charge is 2.31. The minimum Gasteiger partial charge on any atom is -0.444 e. The maximum atomic E-state index is 12.4. The molecular formula is C65H88N20O10S4. The van der Waals surface area contributed by atoms with Crippen molar-refractivity contribution in [2.24, 2.45) is 5.73 Å². The van der Waals surface area contributed by atoms with Gasteiger partial charge in [-0.2, -0.15) is 29.9 Å². The lowest BCUT2D eigenvalue weighted by atomic mass is 10.2. The van der Waals surface area contributed by atoms with E-state index in [1.165, 1.54) is 32.0 Å². The number of nitrogens with one attached hydrogen (secondary N) is 3. The summed E-state index contributed by atoms with van der Waals surface area (Å²) in [5, 5.41) is 55.1. The van der Waals surface area contributed by atoms with Crippen LogP contribution in [-0.2, 0) is 23.7 Å². The first-order valence-corrected chi connectivity index (χ1v) is 34.9. The van der Waals surface area contributed by atoms with E-state index in [0.29, 0.717) is 88.2 Å². The van der Waals surface area contributed by atoms with E-state index in [9.17, 15) is 24.0 Å². The van der Waals surface area contributed by atoms with Gasteiger partial charge >= 0.3 is 30.5 Å². The van der Waals surface area contributed by atoms with E-state index < -0.39 is 40.2 Å². The van der Waals surface area contributed by atoms with Gasteiger partial charge in [-0.3, -0.25) is 5.10 Å². The van der Waals surface area contributed by atoms with Crippen molar-refractivity contribution in [3.63, 3.8) is 0 Å². The zero-order valence-corrected chi connectivity index (χ0v) is 61.8. The number of nitriles is 1. The van der Waals surface area contributed by atoms with Crippen molar-refractivity contribution in [1.29, 1.82) is 5.26 Å². The Labute approximate surface area is 592 Å². The third-order valence-corrected chi connectivity index (χ3v) is 16.8. The minimum atomic E-state index is -0.602. The number of amides is 3. The van der Waals surface area contributed by atoms with Crippen LogP contribution in [0.4, 0.5) is 55.9 Å². The van der Waals surface area contributed by atoms with Gasteiger partial charge in [0.1, 0.15) is 33.4 Å². The lowest BCUT2D eigenvalue weighted by Crippen LogP contribution is -2.52. The molecule has 8 heterocycles. The van der Waals surface area contributed by atoms with Gasteiger partial charge in [-0.1, -0.05) is 34.9 Å². The molecule has 5 N–H and O–H groups in total. The van der Waals surface area contributed by atoms with E-state index in [1.807, 2.05) is 136 Å². The monoisotopic (exact) mass is 1440 g/mol. The summed E-state index contributed by atoms with van der Waals surface area (Å²) in [5.74, 6) is 0. The number of nitrogens with zero attached hydrogens (tertiary/aromatic N) is 16. The number of carbonyl (C=O) groups is 5. The van der Waals surface area contributed by atoms with Crippen LogP contribution in [-0.4, -0.2) is 218 Å².